The molecule has 8 heteroatoms. The molecule has 3 N–H and O–H groups in total. The lowest BCUT2D eigenvalue weighted by molar-refractivity contribution is -0.383. The minimum Gasteiger partial charge on any atom is -0.449 e. The van der Waals surface area contributed by atoms with E-state index in [0.29, 0.717) is 0 Å². The minimum atomic E-state index is -0.605. The van der Waals surface area contributed by atoms with Crippen molar-refractivity contribution in [2.24, 2.45) is 0 Å². The number of nitrogen functional groups attached to an aromatic ring is 1. The first-order chi connectivity index (χ1) is 15.5. The van der Waals surface area contributed by atoms with E-state index < -0.39 is 11.0 Å². The van der Waals surface area contributed by atoms with Crippen LogP contribution in [0.1, 0.15) is 22.6 Å². The number of amides is 1. The van der Waals surface area contributed by atoms with E-state index in [-0.39, 0.29) is 41.0 Å². The molecule has 0 aromatic heterocycles. The Labute approximate surface area is 189 Å². The number of carbonyl (C=O) groups is 1. The Balaban J connectivity index is 1.37. The molecule has 3 aromatic carbocycles. The number of nitrogens with one attached hydrogen (secondary N) is 1. The van der Waals surface area contributed by atoms with Crippen LogP contribution in [0.25, 0.3) is 11.1 Å². The van der Waals surface area contributed by atoms with E-state index >= 15 is 0 Å². The van der Waals surface area contributed by atoms with Gasteiger partial charge in [0.15, 0.2) is 0 Å². The van der Waals surface area contributed by atoms with Crippen molar-refractivity contribution >= 4 is 29.1 Å². The molecule has 7 nitrogen and oxygen atoms in total. The van der Waals surface area contributed by atoms with E-state index in [9.17, 15) is 14.9 Å². The van der Waals surface area contributed by atoms with E-state index in [4.69, 9.17) is 22.1 Å². The Kier molecular flexibility index (Phi) is 5.97. The fourth-order valence-corrected chi connectivity index (χ4v) is 3.96. The summed E-state index contributed by atoms with van der Waals surface area (Å²) in [6.45, 7) is 0.189. The summed E-state index contributed by atoms with van der Waals surface area (Å²) in [4.78, 5) is 22.6. The highest BCUT2D eigenvalue weighted by Gasteiger charge is 2.28. The van der Waals surface area contributed by atoms with Gasteiger partial charge in [-0.3, -0.25) is 10.1 Å². The fraction of sp³-hybridized carbons (Fsp3) is 0.125. The molecular formula is C24H18ClN3O4. The Bertz CT molecular complexity index is 1230. The maximum atomic E-state index is 12.2. The van der Waals surface area contributed by atoms with Crippen molar-refractivity contribution in [1.82, 2.24) is 5.32 Å². The summed E-state index contributed by atoms with van der Waals surface area (Å²) in [5.74, 6) is 5.38. The van der Waals surface area contributed by atoms with Gasteiger partial charge in [-0.2, -0.15) is 0 Å². The summed E-state index contributed by atoms with van der Waals surface area (Å²) in [6, 6.07) is 18.6. The normalized spacial score (nSPS) is 11.7. The lowest BCUT2D eigenvalue weighted by atomic mass is 9.98. The second-order valence-corrected chi connectivity index (χ2v) is 7.54. The number of hydrogen-bond donors (Lipinski definition) is 2. The van der Waals surface area contributed by atoms with Crippen LogP contribution in [-0.2, 0) is 4.74 Å². The Morgan fingerprint density at radius 3 is 2.38 bits per heavy atom. The average Bonchev–Trinajstić information content (AvgIpc) is 3.10. The zero-order valence-corrected chi connectivity index (χ0v) is 17.6. The number of nitrogens with two attached hydrogens (primary N) is 1. The number of carbonyl (C=O) groups excluding carboxylic acids is 1. The summed E-state index contributed by atoms with van der Waals surface area (Å²) >= 11 is 6.04. The zero-order valence-electron chi connectivity index (χ0n) is 16.8. The van der Waals surface area contributed by atoms with Crippen molar-refractivity contribution in [3.05, 3.63) is 92.5 Å². The minimum absolute atomic E-state index is 0.00875. The molecule has 0 fully saturated rings. The highest BCUT2D eigenvalue weighted by molar-refractivity contribution is 6.32. The van der Waals surface area contributed by atoms with Crippen LogP contribution in [0.4, 0.5) is 16.2 Å². The molecule has 1 aliphatic rings. The van der Waals surface area contributed by atoms with Crippen LogP contribution in [0.15, 0.2) is 60.7 Å². The van der Waals surface area contributed by atoms with Crippen LogP contribution in [0.5, 0.6) is 0 Å². The number of fused-ring (bicyclic) bond motifs is 3. The van der Waals surface area contributed by atoms with Gasteiger partial charge in [-0.05, 0) is 28.3 Å². The first kappa shape index (κ1) is 21.2. The quantitative estimate of drug-likeness (QED) is 0.260. The molecule has 0 radical (unpaired) electrons. The van der Waals surface area contributed by atoms with Crippen molar-refractivity contribution < 1.29 is 14.5 Å². The van der Waals surface area contributed by atoms with Crippen LogP contribution in [0, 0.1) is 22.0 Å². The topological polar surface area (TPSA) is 107 Å². The van der Waals surface area contributed by atoms with E-state index in [2.05, 4.69) is 29.3 Å². The van der Waals surface area contributed by atoms with Crippen LogP contribution in [0.2, 0.25) is 5.02 Å². The molecule has 4 rings (SSSR count). The third kappa shape index (κ3) is 4.22. The predicted octanol–water partition coefficient (Wildman–Crippen LogP) is 4.72. The fourth-order valence-electron chi connectivity index (χ4n) is 3.74. The van der Waals surface area contributed by atoms with Crippen molar-refractivity contribution in [3.63, 3.8) is 0 Å². The van der Waals surface area contributed by atoms with E-state index in [1.54, 1.807) is 0 Å². The molecule has 0 unspecified atom stereocenters. The molecular weight excluding hydrogens is 430 g/mol. The highest BCUT2D eigenvalue weighted by Crippen LogP contribution is 2.44. The molecule has 160 valence electrons. The van der Waals surface area contributed by atoms with Crippen LogP contribution >= 0.6 is 11.6 Å². The lowest BCUT2D eigenvalue weighted by Gasteiger charge is -2.14. The van der Waals surface area contributed by atoms with Gasteiger partial charge < -0.3 is 15.8 Å². The smallest absolute Gasteiger partial charge is 0.407 e. The second kappa shape index (κ2) is 9.00. The lowest BCUT2D eigenvalue weighted by Crippen LogP contribution is -2.26. The van der Waals surface area contributed by atoms with Gasteiger partial charge in [0, 0.05) is 12.0 Å². The van der Waals surface area contributed by atoms with Gasteiger partial charge in [0.1, 0.15) is 12.3 Å². The number of alkyl carbamates (subject to hydrolysis) is 1. The van der Waals surface area contributed by atoms with E-state index in [1.807, 2.05) is 36.4 Å². The van der Waals surface area contributed by atoms with Crippen molar-refractivity contribution in [1.29, 1.82) is 0 Å². The Morgan fingerprint density at radius 2 is 1.75 bits per heavy atom. The van der Waals surface area contributed by atoms with Gasteiger partial charge in [-0.15, -0.1) is 0 Å². The predicted molar refractivity (Wildman–Crippen MR) is 122 cm³/mol. The highest BCUT2D eigenvalue weighted by atomic mass is 35.5. The maximum Gasteiger partial charge on any atom is 0.407 e. The summed E-state index contributed by atoms with van der Waals surface area (Å²) in [6.07, 6.45) is -0.601. The molecule has 0 saturated heterocycles. The first-order valence-electron chi connectivity index (χ1n) is 9.77. The number of hydrogen-bond acceptors (Lipinski definition) is 5. The van der Waals surface area contributed by atoms with Crippen LogP contribution in [-0.4, -0.2) is 24.2 Å². The molecule has 0 heterocycles. The third-order valence-electron chi connectivity index (χ3n) is 5.20. The molecule has 0 atom stereocenters. The summed E-state index contributed by atoms with van der Waals surface area (Å²) in [7, 11) is 0. The molecule has 0 saturated carbocycles. The average molecular weight is 448 g/mol. The molecule has 0 bridgehead atoms. The SMILES string of the molecule is Nc1cc(Cl)c(C#CCNC(=O)OCC2c3ccccc3-c3ccccc32)cc1[N+](=O)[O-]. The van der Waals surface area contributed by atoms with Gasteiger partial charge in [-0.25, -0.2) is 4.79 Å². The maximum absolute atomic E-state index is 12.2. The van der Waals surface area contributed by atoms with Crippen molar-refractivity contribution in [3.8, 4) is 23.0 Å². The molecule has 0 aliphatic heterocycles. The zero-order chi connectivity index (χ0) is 22.7. The molecule has 1 aliphatic carbocycles. The third-order valence-corrected chi connectivity index (χ3v) is 5.51. The number of rotatable bonds is 4. The summed E-state index contributed by atoms with van der Waals surface area (Å²) < 4.78 is 5.43. The Morgan fingerprint density at radius 1 is 1.12 bits per heavy atom. The van der Waals surface area contributed by atoms with E-state index in [1.165, 1.54) is 12.1 Å². The number of nitro groups is 1. The number of ether oxygens (including phenoxy) is 1. The number of nitro benzene ring substituents is 1. The summed E-state index contributed by atoms with van der Waals surface area (Å²) in [5.41, 5.74) is 10.1. The Hall–Kier alpha value is -4.02. The number of anilines is 1. The number of halogens is 1. The first-order valence-corrected chi connectivity index (χ1v) is 10.1. The van der Waals surface area contributed by atoms with Gasteiger partial charge in [0.05, 0.1) is 22.1 Å². The van der Waals surface area contributed by atoms with Crippen molar-refractivity contribution in [2.75, 3.05) is 18.9 Å². The van der Waals surface area contributed by atoms with Crippen molar-refractivity contribution in [2.45, 2.75) is 5.92 Å². The van der Waals surface area contributed by atoms with Crippen LogP contribution < -0.4 is 11.1 Å². The molecule has 3 aromatic rings. The van der Waals surface area contributed by atoms with Gasteiger partial charge >= 0.3 is 6.09 Å². The van der Waals surface area contributed by atoms with E-state index in [0.717, 1.165) is 22.3 Å². The number of nitrogens with zero attached hydrogens (tertiary/aromatic N) is 1. The largest absolute Gasteiger partial charge is 0.449 e. The summed E-state index contributed by atoms with van der Waals surface area (Å²) in [5, 5.41) is 13.8. The standard InChI is InChI=1S/C24H18ClN3O4/c25-21-13-22(26)23(28(30)31)12-15(21)6-5-11-27-24(29)32-14-20-18-9-3-1-7-16(18)17-8-2-4-10-19(17)20/h1-4,7-10,12-13,20H,11,14,26H2,(H,27,29). The molecule has 0 spiro atoms. The number of benzene rings is 3. The molecule has 32 heavy (non-hydrogen) atoms. The van der Waals surface area contributed by atoms with Gasteiger partial charge in [-0.1, -0.05) is 72.0 Å². The van der Waals surface area contributed by atoms with Gasteiger partial charge in [0.2, 0.25) is 0 Å². The van der Waals surface area contributed by atoms with Crippen LogP contribution in [0.3, 0.4) is 0 Å². The second-order valence-electron chi connectivity index (χ2n) is 7.13. The monoisotopic (exact) mass is 447 g/mol. The molecule has 1 amide bonds. The van der Waals surface area contributed by atoms with Gasteiger partial charge in [0.25, 0.3) is 5.69 Å².